The molecule has 0 aliphatic heterocycles. The van der Waals surface area contributed by atoms with Crippen molar-refractivity contribution >= 4 is 29.4 Å². The van der Waals surface area contributed by atoms with Gasteiger partial charge in [-0.05, 0) is 30.7 Å². The van der Waals surface area contributed by atoms with E-state index in [4.69, 9.17) is 0 Å². The van der Waals surface area contributed by atoms with Gasteiger partial charge in [0.05, 0.1) is 23.9 Å². The van der Waals surface area contributed by atoms with Gasteiger partial charge in [0, 0.05) is 25.5 Å². The Morgan fingerprint density at radius 2 is 1.83 bits per heavy atom. The Labute approximate surface area is 133 Å². The number of carbonyl (C=O) groups excluding carboxylic acids is 3. The van der Waals surface area contributed by atoms with Gasteiger partial charge in [0.1, 0.15) is 5.76 Å². The number of ether oxygens (including phenoxy) is 1. The number of benzene rings is 1. The maximum Gasteiger partial charge on any atom is 0.337 e. The number of aliphatic imine (C=N–C) groups is 1. The first-order valence-electron chi connectivity index (χ1n) is 7.22. The van der Waals surface area contributed by atoms with Crippen molar-refractivity contribution in [3.05, 3.63) is 41.2 Å². The summed E-state index contributed by atoms with van der Waals surface area (Å²) < 4.78 is 4.60. The van der Waals surface area contributed by atoms with Crippen LogP contribution < -0.4 is 0 Å². The van der Waals surface area contributed by atoms with Gasteiger partial charge in [-0.3, -0.25) is 14.6 Å². The number of nitrogens with zero attached hydrogens (tertiary/aromatic N) is 1. The Morgan fingerprint density at radius 1 is 1.22 bits per heavy atom. The lowest BCUT2D eigenvalue weighted by Crippen LogP contribution is -2.20. The molecule has 1 saturated carbocycles. The molecule has 0 radical (unpaired) electrons. The monoisotopic (exact) mass is 315 g/mol. The third-order valence-corrected chi connectivity index (χ3v) is 3.47. The second kappa shape index (κ2) is 7.49. The molecule has 1 aromatic rings. The Balaban J connectivity index is 2.05. The van der Waals surface area contributed by atoms with Crippen molar-refractivity contribution < 1.29 is 24.2 Å². The minimum absolute atomic E-state index is 0.00552. The first-order chi connectivity index (χ1) is 11.0. The van der Waals surface area contributed by atoms with Gasteiger partial charge in [-0.25, -0.2) is 4.79 Å². The van der Waals surface area contributed by atoms with Crippen molar-refractivity contribution in [1.29, 1.82) is 0 Å². The molecule has 6 nitrogen and oxygen atoms in total. The van der Waals surface area contributed by atoms with Crippen molar-refractivity contribution in [2.75, 3.05) is 7.11 Å². The first-order valence-corrected chi connectivity index (χ1v) is 7.22. The maximum atomic E-state index is 11.7. The number of hydrogen-bond acceptors (Lipinski definition) is 6. The van der Waals surface area contributed by atoms with E-state index in [1.165, 1.54) is 13.3 Å². The fourth-order valence-corrected chi connectivity index (χ4v) is 2.28. The highest BCUT2D eigenvalue weighted by Crippen LogP contribution is 2.20. The van der Waals surface area contributed by atoms with Gasteiger partial charge in [-0.15, -0.1) is 0 Å². The predicted molar refractivity (Wildman–Crippen MR) is 84.1 cm³/mol. The molecule has 0 unspecified atom stereocenters. The summed E-state index contributed by atoms with van der Waals surface area (Å²) in [5.74, 6) is -1.30. The van der Waals surface area contributed by atoms with E-state index in [1.54, 1.807) is 24.3 Å². The number of Topliss-reactive ketones (excluding diaryl/α,β-unsaturated/α-hetero) is 2. The molecule has 0 amide bonds. The molecule has 0 atom stereocenters. The standard InChI is InChI=1S/C17H17NO5/c1-23-17(22)11-5-7-12(8-6-11)18-10-9-15(21)16-13(19)3-2-4-14(16)20/h5-8,10,21H,2-4,9H2,1H3. The SMILES string of the molecule is COC(=O)c1ccc(N=CCC(O)=C2C(=O)CCCC2=O)cc1. The predicted octanol–water partition coefficient (Wildman–Crippen LogP) is 2.70. The van der Waals surface area contributed by atoms with E-state index in [9.17, 15) is 19.5 Å². The lowest BCUT2D eigenvalue weighted by Gasteiger charge is -2.12. The van der Waals surface area contributed by atoms with E-state index in [1.807, 2.05) is 0 Å². The van der Waals surface area contributed by atoms with Gasteiger partial charge >= 0.3 is 5.97 Å². The van der Waals surface area contributed by atoms with E-state index >= 15 is 0 Å². The van der Waals surface area contributed by atoms with Crippen molar-refractivity contribution in [2.45, 2.75) is 25.7 Å². The van der Waals surface area contributed by atoms with Crippen LogP contribution in [0.4, 0.5) is 5.69 Å². The number of rotatable bonds is 4. The third kappa shape index (κ3) is 4.12. The van der Waals surface area contributed by atoms with Crippen LogP contribution in [-0.4, -0.2) is 36.0 Å². The molecule has 120 valence electrons. The summed E-state index contributed by atoms with van der Waals surface area (Å²) in [6.07, 6.45) is 2.54. The molecule has 2 rings (SSSR count). The van der Waals surface area contributed by atoms with Gasteiger partial charge in [0.2, 0.25) is 0 Å². The zero-order valence-electron chi connectivity index (χ0n) is 12.7. The smallest absolute Gasteiger partial charge is 0.337 e. The molecule has 0 spiro atoms. The highest BCUT2D eigenvalue weighted by atomic mass is 16.5. The lowest BCUT2D eigenvalue weighted by atomic mass is 9.91. The van der Waals surface area contributed by atoms with Crippen LogP contribution in [0.25, 0.3) is 0 Å². The van der Waals surface area contributed by atoms with Crippen LogP contribution in [0.1, 0.15) is 36.0 Å². The van der Waals surface area contributed by atoms with Gasteiger partial charge < -0.3 is 9.84 Å². The average Bonchev–Trinajstić information content (AvgIpc) is 2.54. The quantitative estimate of drug-likeness (QED) is 0.303. The van der Waals surface area contributed by atoms with Crippen LogP contribution in [0, 0.1) is 0 Å². The fourth-order valence-electron chi connectivity index (χ4n) is 2.28. The van der Waals surface area contributed by atoms with Crippen LogP contribution in [0.3, 0.4) is 0 Å². The molecule has 1 aromatic carbocycles. The van der Waals surface area contributed by atoms with Crippen LogP contribution >= 0.6 is 0 Å². The van der Waals surface area contributed by atoms with Crippen LogP contribution in [0.5, 0.6) is 0 Å². The third-order valence-electron chi connectivity index (χ3n) is 3.47. The van der Waals surface area contributed by atoms with Crippen molar-refractivity contribution in [2.24, 2.45) is 4.99 Å². The van der Waals surface area contributed by atoms with Crippen molar-refractivity contribution in [1.82, 2.24) is 0 Å². The summed E-state index contributed by atoms with van der Waals surface area (Å²) in [5.41, 5.74) is 0.898. The minimum Gasteiger partial charge on any atom is -0.511 e. The van der Waals surface area contributed by atoms with Crippen molar-refractivity contribution in [3.8, 4) is 0 Å². The number of ketones is 2. The van der Waals surface area contributed by atoms with Gasteiger partial charge in [0.15, 0.2) is 11.6 Å². The molecule has 0 saturated heterocycles. The van der Waals surface area contributed by atoms with E-state index < -0.39 is 5.97 Å². The normalized spacial score (nSPS) is 15.1. The molecule has 6 heteroatoms. The van der Waals surface area contributed by atoms with Crippen LogP contribution in [-0.2, 0) is 14.3 Å². The molecular weight excluding hydrogens is 298 g/mol. The highest BCUT2D eigenvalue weighted by molar-refractivity contribution is 6.22. The number of aliphatic hydroxyl groups is 1. The number of methoxy groups -OCH3 is 1. The summed E-state index contributed by atoms with van der Waals surface area (Å²) in [6.45, 7) is 0. The van der Waals surface area contributed by atoms with Gasteiger partial charge in [-0.2, -0.15) is 0 Å². The summed E-state index contributed by atoms with van der Waals surface area (Å²) in [5, 5.41) is 9.93. The molecule has 1 aliphatic rings. The van der Waals surface area contributed by atoms with Gasteiger partial charge in [0.25, 0.3) is 0 Å². The van der Waals surface area contributed by atoms with E-state index in [0.29, 0.717) is 17.7 Å². The molecular formula is C17H17NO5. The van der Waals surface area contributed by atoms with E-state index in [2.05, 4.69) is 9.73 Å². The summed E-state index contributed by atoms with van der Waals surface area (Å²) >= 11 is 0. The molecule has 0 heterocycles. The van der Waals surface area contributed by atoms with Crippen molar-refractivity contribution in [3.63, 3.8) is 0 Å². The van der Waals surface area contributed by atoms with Gasteiger partial charge in [-0.1, -0.05) is 0 Å². The molecule has 1 N–H and O–H groups in total. The molecule has 0 aromatic heterocycles. The van der Waals surface area contributed by atoms with Crippen LogP contribution in [0.15, 0.2) is 40.6 Å². The second-order valence-corrected chi connectivity index (χ2v) is 5.08. The topological polar surface area (TPSA) is 93.0 Å². The van der Waals surface area contributed by atoms with Crippen LogP contribution in [0.2, 0.25) is 0 Å². The fraction of sp³-hybridized carbons (Fsp3) is 0.294. The number of allylic oxidation sites excluding steroid dienone is 2. The Kier molecular flexibility index (Phi) is 5.41. The summed E-state index contributed by atoms with van der Waals surface area (Å²) in [4.78, 5) is 38.8. The lowest BCUT2D eigenvalue weighted by molar-refractivity contribution is -0.124. The van der Waals surface area contributed by atoms with E-state index in [-0.39, 0.29) is 42.2 Å². The average molecular weight is 315 g/mol. The highest BCUT2D eigenvalue weighted by Gasteiger charge is 2.26. The molecule has 0 bridgehead atoms. The maximum absolute atomic E-state index is 11.7. The Hall–Kier alpha value is -2.76. The molecule has 1 fully saturated rings. The number of aliphatic hydroxyl groups excluding tert-OH is 1. The first kappa shape index (κ1) is 16.6. The summed E-state index contributed by atoms with van der Waals surface area (Å²) in [6, 6.07) is 6.41. The number of hydrogen-bond donors (Lipinski definition) is 1. The zero-order chi connectivity index (χ0) is 16.8. The minimum atomic E-state index is -0.433. The zero-order valence-corrected chi connectivity index (χ0v) is 12.7. The number of esters is 1. The second-order valence-electron chi connectivity index (χ2n) is 5.08. The Bertz CT molecular complexity index is 667. The molecule has 23 heavy (non-hydrogen) atoms. The van der Waals surface area contributed by atoms with E-state index in [0.717, 1.165) is 0 Å². The number of carbonyl (C=O) groups is 3. The molecule has 1 aliphatic carbocycles. The summed E-state index contributed by atoms with van der Waals surface area (Å²) in [7, 11) is 1.30. The largest absolute Gasteiger partial charge is 0.511 e. The Morgan fingerprint density at radius 3 is 2.39 bits per heavy atom.